The summed E-state index contributed by atoms with van der Waals surface area (Å²) in [5, 5.41) is 6.71. The average Bonchev–Trinajstić information content (AvgIpc) is 2.83. The average molecular weight is 552 g/mol. The van der Waals surface area contributed by atoms with E-state index in [1.165, 1.54) is 25.7 Å². The lowest BCUT2D eigenvalue weighted by Gasteiger charge is -2.15. The van der Waals surface area contributed by atoms with Crippen LogP contribution >= 0.6 is 24.0 Å². The molecule has 0 unspecified atom stereocenters. The first kappa shape index (κ1) is 25.8. The van der Waals surface area contributed by atoms with Crippen molar-refractivity contribution in [2.75, 3.05) is 27.8 Å². The molecule has 0 fully saturated rings. The van der Waals surface area contributed by atoms with Gasteiger partial charge in [0.25, 0.3) is 0 Å². The number of hydrogen-bond donors (Lipinski definition) is 2. The zero-order chi connectivity index (χ0) is 21.9. The Balaban J connectivity index is 0.00000363. The number of rotatable bonds is 9. The van der Waals surface area contributed by atoms with Crippen LogP contribution in [0.15, 0.2) is 53.2 Å². The Kier molecular flexibility index (Phi) is 11.1. The fraction of sp³-hybridized carbons (Fsp3) is 0.417. The number of hydrogen-bond acceptors (Lipinski definition) is 5. The van der Waals surface area contributed by atoms with Gasteiger partial charge in [0.15, 0.2) is 17.5 Å². The second-order valence-corrected chi connectivity index (χ2v) is 7.31. The Bertz CT molecular complexity index is 878. The van der Waals surface area contributed by atoms with E-state index in [9.17, 15) is 0 Å². The zero-order valence-corrected chi connectivity index (χ0v) is 21.3. The SMILES string of the molecule is CN=C(NCCC1=CCCCC1)NCc1ccc(Oc2c(OC)cccc2OC)nc1.I. The number of guanidine groups is 1. The van der Waals surface area contributed by atoms with Gasteiger partial charge in [0.05, 0.1) is 14.2 Å². The number of benzene rings is 1. The minimum absolute atomic E-state index is 0. The van der Waals surface area contributed by atoms with E-state index in [1.807, 2.05) is 30.3 Å². The van der Waals surface area contributed by atoms with Gasteiger partial charge in [0, 0.05) is 32.4 Å². The maximum Gasteiger partial charge on any atom is 0.219 e. The third-order valence-corrected chi connectivity index (χ3v) is 5.19. The number of nitrogens with one attached hydrogen (secondary N) is 2. The summed E-state index contributed by atoms with van der Waals surface area (Å²) >= 11 is 0. The lowest BCUT2D eigenvalue weighted by Crippen LogP contribution is -2.37. The summed E-state index contributed by atoms with van der Waals surface area (Å²) in [6.45, 7) is 1.50. The normalized spacial score (nSPS) is 13.5. The molecule has 2 N–H and O–H groups in total. The predicted molar refractivity (Wildman–Crippen MR) is 139 cm³/mol. The molecule has 7 nitrogen and oxygen atoms in total. The molecule has 2 aromatic rings. The fourth-order valence-corrected chi connectivity index (χ4v) is 3.48. The molecule has 0 amide bonds. The first-order chi connectivity index (χ1) is 15.2. The Morgan fingerprint density at radius 1 is 1.06 bits per heavy atom. The van der Waals surface area contributed by atoms with Gasteiger partial charge in [-0.2, -0.15) is 0 Å². The van der Waals surface area contributed by atoms with E-state index in [-0.39, 0.29) is 24.0 Å². The van der Waals surface area contributed by atoms with E-state index in [2.05, 4.69) is 26.7 Å². The number of ether oxygens (including phenoxy) is 3. The molecule has 1 aliphatic carbocycles. The number of para-hydroxylation sites is 1. The van der Waals surface area contributed by atoms with E-state index < -0.39 is 0 Å². The molecule has 32 heavy (non-hydrogen) atoms. The molecule has 0 spiro atoms. The molecule has 0 bridgehead atoms. The molecule has 8 heteroatoms. The fourth-order valence-electron chi connectivity index (χ4n) is 3.48. The highest BCUT2D eigenvalue weighted by Crippen LogP contribution is 2.39. The molecular formula is C24H33IN4O3. The van der Waals surface area contributed by atoms with Gasteiger partial charge in [-0.1, -0.05) is 23.8 Å². The first-order valence-corrected chi connectivity index (χ1v) is 10.7. The molecular weight excluding hydrogens is 519 g/mol. The number of methoxy groups -OCH3 is 2. The second-order valence-electron chi connectivity index (χ2n) is 7.31. The van der Waals surface area contributed by atoms with Crippen molar-refractivity contribution >= 4 is 29.9 Å². The highest BCUT2D eigenvalue weighted by Gasteiger charge is 2.13. The van der Waals surface area contributed by atoms with E-state index in [0.717, 1.165) is 24.5 Å². The maximum absolute atomic E-state index is 5.91. The van der Waals surface area contributed by atoms with Crippen LogP contribution in [0.4, 0.5) is 0 Å². The minimum atomic E-state index is 0. The number of allylic oxidation sites excluding steroid dienone is 1. The number of halogens is 1. The predicted octanol–water partition coefficient (Wildman–Crippen LogP) is 5.06. The van der Waals surface area contributed by atoms with Crippen LogP contribution in [-0.2, 0) is 6.54 Å². The van der Waals surface area contributed by atoms with Gasteiger partial charge < -0.3 is 24.8 Å². The summed E-state index contributed by atoms with van der Waals surface area (Å²) in [6, 6.07) is 9.28. The monoisotopic (exact) mass is 552 g/mol. The quantitative estimate of drug-likeness (QED) is 0.196. The Labute approximate surface area is 207 Å². The van der Waals surface area contributed by atoms with Gasteiger partial charge in [-0.3, -0.25) is 4.99 Å². The van der Waals surface area contributed by atoms with Crippen molar-refractivity contribution in [2.45, 2.75) is 38.6 Å². The van der Waals surface area contributed by atoms with Gasteiger partial charge in [0.2, 0.25) is 11.6 Å². The van der Waals surface area contributed by atoms with Crippen LogP contribution in [-0.4, -0.2) is 38.8 Å². The van der Waals surface area contributed by atoms with Crippen LogP contribution in [0.2, 0.25) is 0 Å². The van der Waals surface area contributed by atoms with Crippen molar-refractivity contribution in [3.8, 4) is 23.1 Å². The Morgan fingerprint density at radius 2 is 1.84 bits per heavy atom. The first-order valence-electron chi connectivity index (χ1n) is 10.7. The van der Waals surface area contributed by atoms with Crippen LogP contribution in [0.25, 0.3) is 0 Å². The molecule has 0 atom stereocenters. The molecule has 0 radical (unpaired) electrons. The van der Waals surface area contributed by atoms with Gasteiger partial charge in [-0.15, -0.1) is 24.0 Å². The van der Waals surface area contributed by atoms with Crippen molar-refractivity contribution < 1.29 is 14.2 Å². The highest BCUT2D eigenvalue weighted by atomic mass is 127. The minimum Gasteiger partial charge on any atom is -0.493 e. The number of aromatic nitrogens is 1. The van der Waals surface area contributed by atoms with E-state index in [4.69, 9.17) is 14.2 Å². The molecule has 174 valence electrons. The van der Waals surface area contributed by atoms with Crippen LogP contribution in [0, 0.1) is 0 Å². The van der Waals surface area contributed by atoms with Crippen molar-refractivity contribution in [1.82, 2.24) is 15.6 Å². The zero-order valence-electron chi connectivity index (χ0n) is 19.0. The van der Waals surface area contributed by atoms with Crippen LogP contribution in [0.3, 0.4) is 0 Å². The van der Waals surface area contributed by atoms with E-state index in [0.29, 0.717) is 29.7 Å². The Morgan fingerprint density at radius 3 is 2.44 bits per heavy atom. The molecule has 0 saturated carbocycles. The topological polar surface area (TPSA) is 77.0 Å². The molecule has 1 aromatic heterocycles. The van der Waals surface area contributed by atoms with Crippen molar-refractivity contribution in [1.29, 1.82) is 0 Å². The summed E-state index contributed by atoms with van der Waals surface area (Å²) in [5.41, 5.74) is 2.58. The highest BCUT2D eigenvalue weighted by molar-refractivity contribution is 14.0. The van der Waals surface area contributed by atoms with Gasteiger partial charge in [-0.25, -0.2) is 4.98 Å². The van der Waals surface area contributed by atoms with Crippen molar-refractivity contribution in [2.24, 2.45) is 4.99 Å². The van der Waals surface area contributed by atoms with Crippen molar-refractivity contribution in [3.63, 3.8) is 0 Å². The smallest absolute Gasteiger partial charge is 0.219 e. The molecule has 0 aliphatic heterocycles. The summed E-state index contributed by atoms with van der Waals surface area (Å²) in [4.78, 5) is 8.71. The van der Waals surface area contributed by atoms with Gasteiger partial charge >= 0.3 is 0 Å². The van der Waals surface area contributed by atoms with Crippen LogP contribution in [0.5, 0.6) is 23.1 Å². The summed E-state index contributed by atoms with van der Waals surface area (Å²) < 4.78 is 16.6. The summed E-state index contributed by atoms with van der Waals surface area (Å²) in [7, 11) is 4.97. The number of nitrogens with zero attached hydrogens (tertiary/aromatic N) is 2. The van der Waals surface area contributed by atoms with Crippen molar-refractivity contribution in [3.05, 3.63) is 53.7 Å². The largest absolute Gasteiger partial charge is 0.493 e. The van der Waals surface area contributed by atoms with E-state index >= 15 is 0 Å². The molecule has 3 rings (SSSR count). The standard InChI is InChI=1S/C24H32N4O3.HI/c1-25-24(26-15-14-18-8-5-4-6-9-18)28-17-19-12-13-22(27-16-19)31-23-20(29-2)10-7-11-21(23)30-3;/h7-8,10-13,16H,4-6,9,14-15,17H2,1-3H3,(H2,25,26,28);1H. The summed E-state index contributed by atoms with van der Waals surface area (Å²) in [6.07, 6.45) is 10.3. The second kappa shape index (κ2) is 13.8. The molecule has 1 aliphatic rings. The van der Waals surface area contributed by atoms with Gasteiger partial charge in [0.1, 0.15) is 0 Å². The Hall–Kier alpha value is -2.49. The van der Waals surface area contributed by atoms with E-state index in [1.54, 1.807) is 33.0 Å². The lowest BCUT2D eigenvalue weighted by molar-refractivity contribution is 0.342. The van der Waals surface area contributed by atoms with Gasteiger partial charge in [-0.05, 0) is 49.8 Å². The van der Waals surface area contributed by atoms with Crippen LogP contribution < -0.4 is 24.8 Å². The number of aliphatic imine (C=N–C) groups is 1. The summed E-state index contributed by atoms with van der Waals surface area (Å²) in [5.74, 6) is 2.94. The third-order valence-electron chi connectivity index (χ3n) is 5.19. The maximum atomic E-state index is 5.91. The number of pyridine rings is 1. The third kappa shape index (κ3) is 7.58. The van der Waals surface area contributed by atoms with Crippen LogP contribution in [0.1, 0.15) is 37.7 Å². The lowest BCUT2D eigenvalue weighted by atomic mass is 9.97. The molecule has 0 saturated heterocycles. The molecule has 1 aromatic carbocycles. The molecule has 1 heterocycles.